The van der Waals surface area contributed by atoms with Gasteiger partial charge in [0.05, 0.1) is 44.3 Å². The first-order chi connectivity index (χ1) is 17.4. The van der Waals surface area contributed by atoms with E-state index in [4.69, 9.17) is 25.8 Å². The first kappa shape index (κ1) is 25.1. The molecule has 1 N–H and O–H groups in total. The molecule has 1 aromatic heterocycles. The molecule has 10 heteroatoms. The van der Waals surface area contributed by atoms with Crippen LogP contribution in [0, 0.1) is 0 Å². The molecule has 9 nitrogen and oxygen atoms in total. The number of ketones is 1. The number of Topliss-reactive ketones (excluding diaryl/α,β-unsaturated/α-hetero) is 1. The zero-order valence-corrected chi connectivity index (χ0v) is 20.9. The number of imidazole rings is 1. The van der Waals surface area contributed by atoms with Gasteiger partial charge in [0.25, 0.3) is 11.7 Å². The van der Waals surface area contributed by atoms with Crippen molar-refractivity contribution in [1.29, 1.82) is 0 Å². The number of rotatable bonds is 9. The van der Waals surface area contributed by atoms with Crippen molar-refractivity contribution in [1.82, 2.24) is 14.5 Å². The highest BCUT2D eigenvalue weighted by molar-refractivity contribution is 6.46. The lowest BCUT2D eigenvalue weighted by Gasteiger charge is -2.26. The SMILES string of the molecule is COc1ccc(C(O)=C2C(=O)C(=O)N(CCCn3ccnc3)C2c2ccc(OC)c(OC)c2)cc1Cl. The molecule has 3 aromatic rings. The average Bonchev–Trinajstić information content (AvgIpc) is 3.50. The molecule has 1 amide bonds. The molecule has 0 aliphatic carbocycles. The minimum Gasteiger partial charge on any atom is -0.507 e. The van der Waals surface area contributed by atoms with Gasteiger partial charge in [-0.2, -0.15) is 0 Å². The second-order valence-corrected chi connectivity index (χ2v) is 8.52. The van der Waals surface area contributed by atoms with Gasteiger partial charge in [0.2, 0.25) is 0 Å². The van der Waals surface area contributed by atoms with E-state index in [0.29, 0.717) is 41.3 Å². The highest BCUT2D eigenvalue weighted by Crippen LogP contribution is 2.42. The van der Waals surface area contributed by atoms with Crippen LogP contribution in [-0.2, 0) is 16.1 Å². The van der Waals surface area contributed by atoms with Gasteiger partial charge >= 0.3 is 0 Å². The van der Waals surface area contributed by atoms with Crippen LogP contribution in [0.3, 0.4) is 0 Å². The number of carbonyl (C=O) groups is 2. The number of amides is 1. The van der Waals surface area contributed by atoms with Crippen LogP contribution < -0.4 is 14.2 Å². The molecular weight excluding hydrogens is 486 g/mol. The Morgan fingerprint density at radius 3 is 2.36 bits per heavy atom. The predicted molar refractivity (Wildman–Crippen MR) is 133 cm³/mol. The van der Waals surface area contributed by atoms with Crippen molar-refractivity contribution in [3.63, 3.8) is 0 Å². The zero-order valence-electron chi connectivity index (χ0n) is 20.1. The highest BCUT2D eigenvalue weighted by Gasteiger charge is 2.46. The number of likely N-dealkylation sites (tertiary alicyclic amines) is 1. The van der Waals surface area contributed by atoms with Gasteiger partial charge in [0.15, 0.2) is 11.5 Å². The van der Waals surface area contributed by atoms with Crippen LogP contribution in [0.5, 0.6) is 17.2 Å². The van der Waals surface area contributed by atoms with Crippen LogP contribution in [0.2, 0.25) is 5.02 Å². The fraction of sp³-hybridized carbons (Fsp3) is 0.269. The van der Waals surface area contributed by atoms with Crippen LogP contribution in [0.25, 0.3) is 5.76 Å². The number of halogens is 1. The number of aliphatic hydroxyl groups excluding tert-OH is 1. The Morgan fingerprint density at radius 2 is 1.72 bits per heavy atom. The van der Waals surface area contributed by atoms with Gasteiger partial charge in [-0.25, -0.2) is 4.98 Å². The quantitative estimate of drug-likeness (QED) is 0.262. The molecule has 1 fully saturated rings. The maximum atomic E-state index is 13.3. The third kappa shape index (κ3) is 4.74. The van der Waals surface area contributed by atoms with Crippen molar-refractivity contribution in [3.05, 3.63) is 76.8 Å². The number of aromatic nitrogens is 2. The van der Waals surface area contributed by atoms with Crippen molar-refractivity contribution < 1.29 is 28.9 Å². The Bertz CT molecular complexity index is 1310. The molecule has 36 heavy (non-hydrogen) atoms. The summed E-state index contributed by atoms with van der Waals surface area (Å²) < 4.78 is 17.9. The summed E-state index contributed by atoms with van der Waals surface area (Å²) in [5.74, 6) is -0.436. The lowest BCUT2D eigenvalue weighted by molar-refractivity contribution is -0.139. The van der Waals surface area contributed by atoms with Gasteiger partial charge in [0.1, 0.15) is 11.5 Å². The lowest BCUT2D eigenvalue weighted by Crippen LogP contribution is -2.31. The number of hydrogen-bond donors (Lipinski definition) is 1. The fourth-order valence-electron chi connectivity index (χ4n) is 4.29. The summed E-state index contributed by atoms with van der Waals surface area (Å²) in [5, 5.41) is 11.5. The van der Waals surface area contributed by atoms with Gasteiger partial charge in [0, 0.05) is 31.0 Å². The van der Waals surface area contributed by atoms with E-state index in [2.05, 4.69) is 4.98 Å². The molecule has 0 spiro atoms. The van der Waals surface area contributed by atoms with E-state index in [-0.39, 0.29) is 22.9 Å². The summed E-state index contributed by atoms with van der Waals surface area (Å²) in [6, 6.07) is 8.97. The smallest absolute Gasteiger partial charge is 0.295 e. The molecule has 188 valence electrons. The maximum absolute atomic E-state index is 13.3. The van der Waals surface area contributed by atoms with Gasteiger partial charge in [-0.1, -0.05) is 17.7 Å². The summed E-state index contributed by atoms with van der Waals surface area (Å²) in [4.78, 5) is 31.9. The third-order valence-corrected chi connectivity index (χ3v) is 6.36. The van der Waals surface area contributed by atoms with E-state index in [0.717, 1.165) is 0 Å². The van der Waals surface area contributed by atoms with E-state index in [9.17, 15) is 14.7 Å². The van der Waals surface area contributed by atoms with Crippen LogP contribution in [0.1, 0.15) is 23.6 Å². The molecule has 1 saturated heterocycles. The molecule has 2 aromatic carbocycles. The molecule has 2 heterocycles. The Hall–Kier alpha value is -3.98. The number of hydrogen-bond acceptors (Lipinski definition) is 7. The maximum Gasteiger partial charge on any atom is 0.295 e. The average molecular weight is 512 g/mol. The van der Waals surface area contributed by atoms with Crippen LogP contribution in [0.15, 0.2) is 60.7 Å². The normalized spacial score (nSPS) is 16.9. The third-order valence-electron chi connectivity index (χ3n) is 6.06. The monoisotopic (exact) mass is 511 g/mol. The lowest BCUT2D eigenvalue weighted by atomic mass is 9.95. The molecular formula is C26H26ClN3O6. The second-order valence-electron chi connectivity index (χ2n) is 8.11. The van der Waals surface area contributed by atoms with Crippen molar-refractivity contribution >= 4 is 29.1 Å². The number of ether oxygens (including phenoxy) is 3. The van der Waals surface area contributed by atoms with Crippen molar-refractivity contribution in [2.75, 3.05) is 27.9 Å². The van der Waals surface area contributed by atoms with Crippen molar-refractivity contribution in [3.8, 4) is 17.2 Å². The fourth-order valence-corrected chi connectivity index (χ4v) is 4.55. The van der Waals surface area contributed by atoms with E-state index >= 15 is 0 Å². The molecule has 1 aliphatic rings. The molecule has 0 bridgehead atoms. The van der Waals surface area contributed by atoms with Crippen molar-refractivity contribution in [2.24, 2.45) is 0 Å². The Balaban J connectivity index is 1.79. The van der Waals surface area contributed by atoms with Gasteiger partial charge in [-0.05, 0) is 42.3 Å². The largest absolute Gasteiger partial charge is 0.507 e. The Morgan fingerprint density at radius 1 is 1.00 bits per heavy atom. The summed E-state index contributed by atoms with van der Waals surface area (Å²) >= 11 is 6.26. The number of benzene rings is 2. The predicted octanol–water partition coefficient (Wildman–Crippen LogP) is 4.07. The first-order valence-corrected chi connectivity index (χ1v) is 11.6. The molecule has 1 unspecified atom stereocenters. The number of aliphatic hydroxyl groups is 1. The van der Waals surface area contributed by atoms with E-state index in [1.807, 2.05) is 10.8 Å². The second kappa shape index (κ2) is 10.7. The van der Waals surface area contributed by atoms with Crippen molar-refractivity contribution in [2.45, 2.75) is 19.0 Å². The molecule has 1 aliphatic heterocycles. The van der Waals surface area contributed by atoms with Gasteiger partial charge in [-0.3, -0.25) is 9.59 Å². The minimum absolute atomic E-state index is 0.0314. The topological polar surface area (TPSA) is 103 Å². The number of nitrogens with zero attached hydrogens (tertiary/aromatic N) is 3. The van der Waals surface area contributed by atoms with E-state index < -0.39 is 17.7 Å². The number of carbonyl (C=O) groups excluding carboxylic acids is 2. The zero-order chi connectivity index (χ0) is 25.8. The van der Waals surface area contributed by atoms with Crippen LogP contribution >= 0.6 is 11.6 Å². The summed E-state index contributed by atoms with van der Waals surface area (Å²) in [6.45, 7) is 0.887. The molecule has 0 saturated carbocycles. The molecule has 0 radical (unpaired) electrons. The van der Waals surface area contributed by atoms with E-state index in [1.165, 1.54) is 32.3 Å². The number of aryl methyl sites for hydroxylation is 1. The summed E-state index contributed by atoms with van der Waals surface area (Å²) in [7, 11) is 4.50. The standard InChI is InChI=1S/C26H26ClN3O6/c1-34-19-7-6-17(13-18(19)27)24(31)22-23(16-5-8-20(35-2)21(14-16)36-3)30(26(33)25(22)32)11-4-10-29-12-9-28-15-29/h5-9,12-15,23,31H,4,10-11H2,1-3H3. The van der Waals surface area contributed by atoms with Gasteiger partial charge in [-0.15, -0.1) is 0 Å². The van der Waals surface area contributed by atoms with E-state index in [1.54, 1.807) is 42.9 Å². The van der Waals surface area contributed by atoms with Crippen LogP contribution in [-0.4, -0.2) is 59.1 Å². The Kier molecular flexibility index (Phi) is 7.49. The summed E-state index contributed by atoms with van der Waals surface area (Å²) in [5.41, 5.74) is 0.856. The van der Waals surface area contributed by atoms with Gasteiger partial charge < -0.3 is 28.8 Å². The minimum atomic E-state index is -0.839. The first-order valence-electron chi connectivity index (χ1n) is 11.2. The van der Waals surface area contributed by atoms with Crippen LogP contribution in [0.4, 0.5) is 0 Å². The molecule has 4 rings (SSSR count). The highest BCUT2D eigenvalue weighted by atomic mass is 35.5. The summed E-state index contributed by atoms with van der Waals surface area (Å²) in [6.07, 6.45) is 5.76. The molecule has 1 atom stereocenters. The Labute approximate surface area is 213 Å². The number of methoxy groups -OCH3 is 3.